The molecule has 0 unspecified atom stereocenters. The highest BCUT2D eigenvalue weighted by Crippen LogP contribution is 2.35. The largest absolute Gasteiger partial charge is 0.375 e. The first-order valence-electron chi connectivity index (χ1n) is 4.74. The number of hydrogen-bond donors (Lipinski definition) is 0. The molecule has 0 bridgehead atoms. The molecule has 0 amide bonds. The minimum absolute atomic E-state index is 0.0312. The minimum atomic E-state index is 0.0312. The third-order valence-corrected chi connectivity index (χ3v) is 3.00. The summed E-state index contributed by atoms with van der Waals surface area (Å²) in [6.07, 6.45) is 7.91. The van der Waals surface area contributed by atoms with E-state index in [-0.39, 0.29) is 11.7 Å². The Morgan fingerprint density at radius 1 is 1.33 bits per heavy atom. The molecule has 0 aromatic carbocycles. The van der Waals surface area contributed by atoms with Crippen LogP contribution in [0.5, 0.6) is 0 Å². The molecule has 1 saturated heterocycles. The van der Waals surface area contributed by atoms with E-state index in [1.165, 1.54) is 0 Å². The average Bonchev–Trinajstić information content (AvgIpc) is 2.33. The molecule has 1 spiro atoms. The van der Waals surface area contributed by atoms with E-state index in [2.05, 4.69) is 19.1 Å². The van der Waals surface area contributed by atoms with Gasteiger partial charge in [0, 0.05) is 13.0 Å². The van der Waals surface area contributed by atoms with Gasteiger partial charge in [0.15, 0.2) is 0 Å². The quantitative estimate of drug-likeness (QED) is 0.514. The van der Waals surface area contributed by atoms with Gasteiger partial charge in [-0.15, -0.1) is 0 Å². The predicted molar refractivity (Wildman–Crippen MR) is 47.1 cm³/mol. The van der Waals surface area contributed by atoms with E-state index in [4.69, 9.17) is 9.47 Å². The smallest absolute Gasteiger partial charge is 0.0969 e. The normalized spacial score (nSPS) is 41.9. The molecule has 0 N–H and O–H groups in total. The van der Waals surface area contributed by atoms with Gasteiger partial charge in [-0.1, -0.05) is 12.2 Å². The number of allylic oxidation sites excluding steroid dienone is 1. The Hall–Kier alpha value is -0.340. The Bertz CT molecular complexity index is 176. The highest BCUT2D eigenvalue weighted by atomic mass is 16.6. The van der Waals surface area contributed by atoms with Gasteiger partial charge in [0.05, 0.1) is 18.3 Å². The van der Waals surface area contributed by atoms with Crippen molar-refractivity contribution in [2.45, 2.75) is 37.9 Å². The Balaban J connectivity index is 2.08. The molecule has 0 aromatic rings. The Morgan fingerprint density at radius 2 is 2.25 bits per heavy atom. The van der Waals surface area contributed by atoms with Gasteiger partial charge in [0.1, 0.15) is 0 Å². The van der Waals surface area contributed by atoms with Crippen molar-refractivity contribution in [1.82, 2.24) is 0 Å². The predicted octanol–water partition coefficient (Wildman–Crippen LogP) is 1.90. The number of ether oxygens (including phenoxy) is 2. The fourth-order valence-corrected chi connectivity index (χ4v) is 2.08. The summed E-state index contributed by atoms with van der Waals surface area (Å²) in [6, 6.07) is 0. The van der Waals surface area contributed by atoms with Crippen molar-refractivity contribution in [2.24, 2.45) is 0 Å². The average molecular weight is 168 g/mol. The summed E-state index contributed by atoms with van der Waals surface area (Å²) >= 11 is 0. The second-order valence-electron chi connectivity index (χ2n) is 3.65. The third-order valence-electron chi connectivity index (χ3n) is 3.00. The van der Waals surface area contributed by atoms with Crippen LogP contribution in [-0.4, -0.2) is 24.9 Å². The molecular weight excluding hydrogens is 152 g/mol. The summed E-state index contributed by atoms with van der Waals surface area (Å²) in [5, 5.41) is 0. The molecule has 2 aliphatic heterocycles. The van der Waals surface area contributed by atoms with Gasteiger partial charge in [0.2, 0.25) is 0 Å². The molecule has 0 radical (unpaired) electrons. The second-order valence-corrected chi connectivity index (χ2v) is 3.65. The zero-order valence-corrected chi connectivity index (χ0v) is 7.58. The van der Waals surface area contributed by atoms with Crippen LogP contribution in [0.25, 0.3) is 0 Å². The van der Waals surface area contributed by atoms with Gasteiger partial charge in [-0.05, 0) is 19.8 Å². The summed E-state index contributed by atoms with van der Waals surface area (Å²) < 4.78 is 11.4. The minimum Gasteiger partial charge on any atom is -0.375 e. The van der Waals surface area contributed by atoms with Crippen LogP contribution >= 0.6 is 0 Å². The van der Waals surface area contributed by atoms with Gasteiger partial charge in [-0.2, -0.15) is 0 Å². The van der Waals surface area contributed by atoms with Crippen molar-refractivity contribution in [3.05, 3.63) is 12.2 Å². The Labute approximate surface area is 73.5 Å². The van der Waals surface area contributed by atoms with Crippen molar-refractivity contribution in [3.63, 3.8) is 0 Å². The molecule has 2 atom stereocenters. The van der Waals surface area contributed by atoms with Crippen LogP contribution in [0.3, 0.4) is 0 Å². The maximum Gasteiger partial charge on any atom is 0.0969 e. The van der Waals surface area contributed by atoms with Crippen LogP contribution < -0.4 is 0 Å². The number of rotatable bonds is 0. The summed E-state index contributed by atoms with van der Waals surface area (Å²) in [5.41, 5.74) is 0.0312. The lowest BCUT2D eigenvalue weighted by Crippen LogP contribution is -2.38. The maximum absolute atomic E-state index is 5.85. The van der Waals surface area contributed by atoms with Crippen LogP contribution in [-0.2, 0) is 9.47 Å². The molecule has 12 heavy (non-hydrogen) atoms. The number of hydrogen-bond acceptors (Lipinski definition) is 2. The molecule has 1 fully saturated rings. The molecular formula is C10H16O2. The van der Waals surface area contributed by atoms with Crippen LogP contribution in [0.1, 0.15) is 26.2 Å². The fraction of sp³-hybridized carbons (Fsp3) is 0.800. The third kappa shape index (κ3) is 1.29. The first kappa shape index (κ1) is 8.27. The molecule has 0 aromatic heterocycles. The van der Waals surface area contributed by atoms with E-state index in [9.17, 15) is 0 Å². The Kier molecular flexibility index (Phi) is 2.20. The molecule has 2 nitrogen and oxygen atoms in total. The molecule has 2 aliphatic rings. The van der Waals surface area contributed by atoms with Gasteiger partial charge in [-0.25, -0.2) is 0 Å². The van der Waals surface area contributed by atoms with Crippen LogP contribution in [0, 0.1) is 0 Å². The summed E-state index contributed by atoms with van der Waals surface area (Å²) in [4.78, 5) is 0. The molecule has 68 valence electrons. The molecule has 2 heterocycles. The Morgan fingerprint density at radius 3 is 3.00 bits per heavy atom. The summed E-state index contributed by atoms with van der Waals surface area (Å²) in [7, 11) is 0. The first-order valence-corrected chi connectivity index (χ1v) is 4.74. The van der Waals surface area contributed by atoms with Crippen molar-refractivity contribution in [1.29, 1.82) is 0 Å². The van der Waals surface area contributed by atoms with E-state index in [0.717, 1.165) is 32.5 Å². The first-order chi connectivity index (χ1) is 5.83. The van der Waals surface area contributed by atoms with E-state index in [0.29, 0.717) is 0 Å². The lowest BCUT2D eigenvalue weighted by Gasteiger charge is -2.30. The van der Waals surface area contributed by atoms with Crippen molar-refractivity contribution < 1.29 is 9.47 Å². The SMILES string of the molecule is C[C@H]1OCC[C@]12CCC=CCO2. The lowest BCUT2D eigenvalue weighted by atomic mass is 9.91. The highest BCUT2D eigenvalue weighted by molar-refractivity contribution is 4.98. The zero-order chi connectivity index (χ0) is 8.44. The molecule has 2 heteroatoms. The van der Waals surface area contributed by atoms with Gasteiger partial charge < -0.3 is 9.47 Å². The molecule has 2 rings (SSSR count). The van der Waals surface area contributed by atoms with Gasteiger partial charge >= 0.3 is 0 Å². The van der Waals surface area contributed by atoms with E-state index < -0.39 is 0 Å². The second kappa shape index (κ2) is 3.19. The van der Waals surface area contributed by atoms with Crippen molar-refractivity contribution in [2.75, 3.05) is 13.2 Å². The van der Waals surface area contributed by atoms with E-state index >= 15 is 0 Å². The zero-order valence-electron chi connectivity index (χ0n) is 7.58. The van der Waals surface area contributed by atoms with E-state index in [1.54, 1.807) is 0 Å². The van der Waals surface area contributed by atoms with Gasteiger partial charge in [-0.3, -0.25) is 0 Å². The standard InChI is InChI=1S/C10H16O2/c1-9-10(6-8-11-9)5-3-2-4-7-12-10/h2,4,9H,3,5-8H2,1H3/t9-,10-/m1/s1. The van der Waals surface area contributed by atoms with Crippen LogP contribution in [0.4, 0.5) is 0 Å². The summed E-state index contributed by atoms with van der Waals surface area (Å²) in [5.74, 6) is 0. The molecule has 0 aliphatic carbocycles. The topological polar surface area (TPSA) is 18.5 Å². The van der Waals surface area contributed by atoms with Crippen molar-refractivity contribution in [3.8, 4) is 0 Å². The highest BCUT2D eigenvalue weighted by Gasteiger charge is 2.42. The monoisotopic (exact) mass is 168 g/mol. The maximum atomic E-state index is 5.85. The molecule has 0 saturated carbocycles. The van der Waals surface area contributed by atoms with Crippen molar-refractivity contribution >= 4 is 0 Å². The fourth-order valence-electron chi connectivity index (χ4n) is 2.08. The van der Waals surface area contributed by atoms with Gasteiger partial charge in [0.25, 0.3) is 0 Å². The van der Waals surface area contributed by atoms with Crippen LogP contribution in [0.2, 0.25) is 0 Å². The van der Waals surface area contributed by atoms with Crippen LogP contribution in [0.15, 0.2) is 12.2 Å². The lowest BCUT2D eigenvalue weighted by molar-refractivity contribution is -0.0764. The summed E-state index contributed by atoms with van der Waals surface area (Å²) in [6.45, 7) is 3.74. The van der Waals surface area contributed by atoms with E-state index in [1.807, 2.05) is 0 Å².